The van der Waals surface area contributed by atoms with E-state index in [-0.39, 0.29) is 23.9 Å². The molecule has 2 aliphatic rings. The number of rotatable bonds is 13. The second-order valence-corrected chi connectivity index (χ2v) is 11.1. The van der Waals surface area contributed by atoms with Crippen LogP contribution in [0.25, 0.3) is 0 Å². The first-order valence-corrected chi connectivity index (χ1v) is 14.9. The zero-order valence-corrected chi connectivity index (χ0v) is 24.6. The van der Waals surface area contributed by atoms with Gasteiger partial charge in [0.1, 0.15) is 11.5 Å². The molecule has 45 heavy (non-hydrogen) atoms. The number of ether oxygens (including phenoxy) is 5. The molecule has 0 amide bonds. The van der Waals surface area contributed by atoms with Gasteiger partial charge in [-0.3, -0.25) is 4.79 Å². The van der Waals surface area contributed by atoms with E-state index in [2.05, 4.69) is 28.2 Å². The van der Waals surface area contributed by atoms with Crippen LogP contribution in [0.5, 0.6) is 17.2 Å². The van der Waals surface area contributed by atoms with Gasteiger partial charge >= 0.3 is 18.4 Å². The van der Waals surface area contributed by atoms with Crippen LogP contribution < -0.4 is 14.2 Å². The molecule has 0 unspecified atom stereocenters. The van der Waals surface area contributed by atoms with Crippen molar-refractivity contribution in [3.8, 4) is 17.2 Å². The number of halogens is 6. The highest BCUT2D eigenvalue weighted by atomic mass is 19.4. The zero-order chi connectivity index (χ0) is 32.5. The van der Waals surface area contributed by atoms with Crippen molar-refractivity contribution in [1.29, 1.82) is 0 Å². The maximum Gasteiger partial charge on any atom is 0.573 e. The number of carbonyl (C=O) groups excluding carboxylic acids is 1. The van der Waals surface area contributed by atoms with Gasteiger partial charge in [0.25, 0.3) is 0 Å². The molecule has 0 atom stereocenters. The molecule has 2 aromatic rings. The molecule has 1 aliphatic carbocycles. The summed E-state index contributed by atoms with van der Waals surface area (Å²) in [7, 11) is 0. The average Bonchev–Trinajstić information content (AvgIpc) is 3.00. The molecule has 0 aromatic heterocycles. The van der Waals surface area contributed by atoms with Crippen molar-refractivity contribution in [2.24, 2.45) is 17.8 Å². The quantitative estimate of drug-likeness (QED) is 0.0715. The largest absolute Gasteiger partial charge is 0.573 e. The number of unbranched alkanes of at least 4 members (excludes halogenated alkanes) is 1. The normalized spacial score (nSPS) is 22.6. The minimum absolute atomic E-state index is 0.0573. The number of allylic oxidation sites excluding steroid dienone is 3. The van der Waals surface area contributed by atoms with Crippen LogP contribution in [0.15, 0.2) is 67.3 Å². The Kier molecular flexibility index (Phi) is 12.0. The summed E-state index contributed by atoms with van der Waals surface area (Å²) in [4.78, 5) is 12.8. The summed E-state index contributed by atoms with van der Waals surface area (Å²) in [5, 5.41) is 0. The lowest BCUT2D eigenvalue weighted by Gasteiger charge is -2.37. The van der Waals surface area contributed by atoms with E-state index in [1.165, 1.54) is 12.1 Å². The average molecular weight is 643 g/mol. The first-order valence-electron chi connectivity index (χ1n) is 14.9. The fourth-order valence-corrected chi connectivity index (χ4v) is 5.28. The molecule has 0 spiro atoms. The molecule has 12 heteroatoms. The van der Waals surface area contributed by atoms with E-state index in [0.29, 0.717) is 44.1 Å². The fraction of sp³-hybridized carbons (Fsp3) is 0.485. The van der Waals surface area contributed by atoms with Crippen molar-refractivity contribution in [2.45, 2.75) is 70.1 Å². The topological polar surface area (TPSA) is 63.2 Å². The van der Waals surface area contributed by atoms with E-state index in [1.54, 1.807) is 0 Å². The Morgan fingerprint density at radius 2 is 1.51 bits per heavy atom. The third-order valence-electron chi connectivity index (χ3n) is 7.71. The van der Waals surface area contributed by atoms with Gasteiger partial charge < -0.3 is 23.7 Å². The molecule has 0 N–H and O–H groups in total. The van der Waals surface area contributed by atoms with Gasteiger partial charge in [0, 0.05) is 17.9 Å². The van der Waals surface area contributed by atoms with Gasteiger partial charge in [-0.15, -0.1) is 19.8 Å². The van der Waals surface area contributed by atoms with Crippen molar-refractivity contribution in [2.75, 3.05) is 13.2 Å². The van der Waals surface area contributed by atoms with Crippen molar-refractivity contribution in [3.05, 3.63) is 78.7 Å². The predicted molar refractivity (Wildman–Crippen MR) is 152 cm³/mol. The molecule has 1 aliphatic heterocycles. The second kappa shape index (κ2) is 15.7. The molecular weight excluding hydrogens is 606 g/mol. The Hall–Kier alpha value is -3.51. The second-order valence-electron chi connectivity index (χ2n) is 11.1. The Bertz CT molecular complexity index is 1280. The van der Waals surface area contributed by atoms with Crippen LogP contribution in [0.4, 0.5) is 26.3 Å². The van der Waals surface area contributed by atoms with Gasteiger partial charge in [0.2, 0.25) is 0 Å². The van der Waals surface area contributed by atoms with Gasteiger partial charge in [-0.05, 0) is 87.8 Å². The Labute approximate surface area is 257 Å². The van der Waals surface area contributed by atoms with Crippen LogP contribution in [0.3, 0.4) is 0 Å². The van der Waals surface area contributed by atoms with E-state index < -0.39 is 41.3 Å². The molecule has 4 rings (SSSR count). The van der Waals surface area contributed by atoms with E-state index in [9.17, 15) is 31.1 Å². The van der Waals surface area contributed by atoms with Crippen molar-refractivity contribution in [1.82, 2.24) is 0 Å². The highest BCUT2D eigenvalue weighted by Gasteiger charge is 2.37. The van der Waals surface area contributed by atoms with Crippen molar-refractivity contribution >= 4 is 5.97 Å². The number of benzene rings is 2. The first-order chi connectivity index (χ1) is 21.4. The first kappa shape index (κ1) is 34.4. The molecule has 6 nitrogen and oxygen atoms in total. The molecule has 1 saturated heterocycles. The summed E-state index contributed by atoms with van der Waals surface area (Å²) in [5.74, 6) is -3.66. The highest BCUT2D eigenvalue weighted by Crippen LogP contribution is 2.37. The lowest BCUT2D eigenvalue weighted by molar-refractivity contribution is -0.275. The van der Waals surface area contributed by atoms with Crippen molar-refractivity contribution < 1.29 is 54.8 Å². The van der Waals surface area contributed by atoms with Gasteiger partial charge in [-0.1, -0.05) is 18.2 Å². The third-order valence-corrected chi connectivity index (χ3v) is 7.71. The number of carbonyl (C=O) groups is 1. The smallest absolute Gasteiger partial charge is 0.429 e. The molecule has 0 bridgehead atoms. The number of hydrogen-bond donors (Lipinski definition) is 0. The Balaban J connectivity index is 1.19. The SMILES string of the molecule is C=CCC/C=C/CCC1COC(C2CCC(C(=O)Oc3ccc(C(F)(F)Oc4ccc(OC(F)(F)F)c(F)c4)cc3)CC2)OC1. The van der Waals surface area contributed by atoms with E-state index in [1.807, 2.05) is 6.08 Å². The third kappa shape index (κ3) is 10.5. The summed E-state index contributed by atoms with van der Waals surface area (Å²) in [6.07, 6.45) is 3.42. The molecule has 246 valence electrons. The van der Waals surface area contributed by atoms with Gasteiger partial charge in [-0.25, -0.2) is 4.39 Å². The molecular formula is C33H36F6O6. The molecule has 1 heterocycles. The summed E-state index contributed by atoms with van der Waals surface area (Å²) < 4.78 is 106. The van der Waals surface area contributed by atoms with Gasteiger partial charge in [0.05, 0.1) is 24.7 Å². The summed E-state index contributed by atoms with van der Waals surface area (Å²) in [5.41, 5.74) is -0.645. The molecule has 1 saturated carbocycles. The van der Waals surface area contributed by atoms with Gasteiger partial charge in [-0.2, -0.15) is 8.78 Å². The lowest BCUT2D eigenvalue weighted by Crippen LogP contribution is -2.39. The maximum absolute atomic E-state index is 14.7. The molecule has 0 radical (unpaired) electrons. The highest BCUT2D eigenvalue weighted by molar-refractivity contribution is 5.75. The van der Waals surface area contributed by atoms with E-state index >= 15 is 0 Å². The van der Waals surface area contributed by atoms with Gasteiger partial charge in [0.15, 0.2) is 17.9 Å². The monoisotopic (exact) mass is 642 g/mol. The Morgan fingerprint density at radius 3 is 2.13 bits per heavy atom. The van der Waals surface area contributed by atoms with Crippen LogP contribution in [0.1, 0.15) is 56.9 Å². The number of hydrogen-bond acceptors (Lipinski definition) is 6. The maximum atomic E-state index is 14.7. The van der Waals surface area contributed by atoms with Crippen molar-refractivity contribution in [3.63, 3.8) is 0 Å². The molecule has 2 aromatic carbocycles. The van der Waals surface area contributed by atoms with Crippen LogP contribution in [0.2, 0.25) is 0 Å². The summed E-state index contributed by atoms with van der Waals surface area (Å²) in [6.45, 7) is 5.00. The number of esters is 1. The van der Waals surface area contributed by atoms with E-state index in [4.69, 9.17) is 14.2 Å². The zero-order valence-electron chi connectivity index (χ0n) is 24.6. The predicted octanol–water partition coefficient (Wildman–Crippen LogP) is 8.86. The summed E-state index contributed by atoms with van der Waals surface area (Å²) >= 11 is 0. The standard InChI is InChI=1S/C33H36F6O6/c1-2-3-4-5-6-7-8-22-20-41-31(42-21-22)24-11-9-23(10-12-24)30(40)43-26-15-13-25(14-16-26)32(35,36)44-27-17-18-29(28(34)19-27)45-33(37,38)39/h2,5-6,13-19,22-24,31H,1,3-4,7-12,20-21H2/b6-5+. The van der Waals surface area contributed by atoms with Crippen LogP contribution in [-0.2, 0) is 20.4 Å². The number of alkyl halides is 5. The fourth-order valence-electron chi connectivity index (χ4n) is 5.28. The molecule has 2 fully saturated rings. The lowest BCUT2D eigenvalue weighted by atomic mass is 9.81. The van der Waals surface area contributed by atoms with E-state index in [0.717, 1.165) is 56.7 Å². The van der Waals surface area contributed by atoms with Crippen LogP contribution in [-0.4, -0.2) is 31.8 Å². The van der Waals surface area contributed by atoms with Crippen LogP contribution in [0, 0.1) is 23.6 Å². The Morgan fingerprint density at radius 1 is 0.867 bits per heavy atom. The summed E-state index contributed by atoms with van der Waals surface area (Å²) in [6, 6.07) is 5.91. The minimum atomic E-state index is -5.15. The van der Waals surface area contributed by atoms with Crippen LogP contribution >= 0.6 is 0 Å². The minimum Gasteiger partial charge on any atom is -0.429 e.